The van der Waals surface area contributed by atoms with E-state index in [0.717, 1.165) is 10.9 Å². The summed E-state index contributed by atoms with van der Waals surface area (Å²) in [7, 11) is 0. The van der Waals surface area contributed by atoms with E-state index in [2.05, 4.69) is 4.98 Å². The number of hydrogen-bond acceptors (Lipinski definition) is 6. The highest BCUT2D eigenvalue weighted by Gasteiger charge is 2.43. The number of para-hydroxylation sites is 1. The third kappa shape index (κ3) is 3.55. The van der Waals surface area contributed by atoms with E-state index >= 15 is 0 Å². The van der Waals surface area contributed by atoms with Crippen molar-refractivity contribution in [3.05, 3.63) is 60.2 Å². The van der Waals surface area contributed by atoms with Crippen LogP contribution in [0.5, 0.6) is 0 Å². The zero-order valence-electron chi connectivity index (χ0n) is 16.0. The Morgan fingerprint density at radius 1 is 1.24 bits per heavy atom. The van der Waals surface area contributed by atoms with Crippen molar-refractivity contribution in [2.24, 2.45) is 0 Å². The number of furan rings is 1. The second-order valence-corrected chi connectivity index (χ2v) is 7.95. The minimum absolute atomic E-state index is 0.256. The van der Waals surface area contributed by atoms with Gasteiger partial charge in [0.25, 0.3) is 0 Å². The van der Waals surface area contributed by atoms with Crippen molar-refractivity contribution in [3.63, 3.8) is 0 Å². The highest BCUT2D eigenvalue weighted by atomic mass is 32.2. The second-order valence-electron chi connectivity index (χ2n) is 6.83. The SMILES string of the molecule is CC(=O)N1[C@@H](c2ccco2)SC[C@H]1C(=O)O[C@H](C)C(=O)c1c[nH]c2ccccc12. The molecule has 1 aliphatic heterocycles. The molecule has 150 valence electrons. The number of amides is 1. The Morgan fingerprint density at radius 2 is 2.03 bits per heavy atom. The molecule has 0 saturated carbocycles. The Labute approximate surface area is 171 Å². The van der Waals surface area contributed by atoms with Crippen LogP contribution in [-0.4, -0.2) is 45.4 Å². The quantitative estimate of drug-likeness (QED) is 0.509. The molecule has 3 atom stereocenters. The summed E-state index contributed by atoms with van der Waals surface area (Å²) in [4.78, 5) is 42.4. The number of aromatic nitrogens is 1. The van der Waals surface area contributed by atoms with E-state index in [4.69, 9.17) is 9.15 Å². The number of H-pyrrole nitrogens is 1. The van der Waals surface area contributed by atoms with Crippen molar-refractivity contribution in [1.29, 1.82) is 0 Å². The number of nitrogens with one attached hydrogen (secondary N) is 1. The predicted octanol–water partition coefficient (Wildman–Crippen LogP) is 3.54. The molecular formula is C21H20N2O5S. The van der Waals surface area contributed by atoms with Crippen molar-refractivity contribution >= 4 is 40.3 Å². The number of ether oxygens (including phenoxy) is 1. The van der Waals surface area contributed by atoms with E-state index < -0.39 is 18.1 Å². The number of carbonyl (C=O) groups is 3. The van der Waals surface area contributed by atoms with Gasteiger partial charge in [-0.05, 0) is 25.1 Å². The summed E-state index contributed by atoms with van der Waals surface area (Å²) in [6.07, 6.45) is 2.18. The highest BCUT2D eigenvalue weighted by Crippen LogP contribution is 2.42. The van der Waals surface area contributed by atoms with Crippen molar-refractivity contribution in [1.82, 2.24) is 9.88 Å². The summed E-state index contributed by atoms with van der Waals surface area (Å²) in [5.41, 5.74) is 1.31. The number of benzene rings is 1. The maximum Gasteiger partial charge on any atom is 0.330 e. The van der Waals surface area contributed by atoms with Crippen molar-refractivity contribution in [3.8, 4) is 0 Å². The second kappa shape index (κ2) is 7.79. The van der Waals surface area contributed by atoms with E-state index in [1.165, 1.54) is 29.8 Å². The standard InChI is InChI=1S/C21H20N2O5S/c1-12(19(25)15-10-22-16-7-4-3-6-14(15)16)28-21(26)17-11-29-20(23(17)13(2)24)18-8-5-9-27-18/h3-10,12,17,20,22H,11H2,1-2H3/t12-,17+,20-/m1/s1. The molecule has 0 bridgehead atoms. The van der Waals surface area contributed by atoms with E-state index in [-0.39, 0.29) is 17.1 Å². The first kappa shape index (κ1) is 19.3. The van der Waals surface area contributed by atoms with Gasteiger partial charge >= 0.3 is 5.97 Å². The van der Waals surface area contributed by atoms with Crippen LogP contribution in [0, 0.1) is 0 Å². The summed E-state index contributed by atoms with van der Waals surface area (Å²) >= 11 is 1.43. The average molecular weight is 412 g/mol. The van der Waals surface area contributed by atoms with Gasteiger partial charge in [-0.3, -0.25) is 9.59 Å². The summed E-state index contributed by atoms with van der Waals surface area (Å²) in [6.45, 7) is 2.95. The van der Waals surface area contributed by atoms with Gasteiger partial charge in [-0.2, -0.15) is 0 Å². The summed E-state index contributed by atoms with van der Waals surface area (Å²) in [6, 6.07) is 10.2. The molecule has 1 fully saturated rings. The number of fused-ring (bicyclic) bond motifs is 1. The normalized spacial score (nSPS) is 20.0. The molecule has 0 radical (unpaired) electrons. The number of esters is 1. The number of rotatable bonds is 5. The number of aromatic amines is 1. The summed E-state index contributed by atoms with van der Waals surface area (Å²) < 4.78 is 10.9. The molecule has 0 spiro atoms. The Morgan fingerprint density at radius 3 is 2.76 bits per heavy atom. The van der Waals surface area contributed by atoms with Crippen LogP contribution >= 0.6 is 11.8 Å². The van der Waals surface area contributed by atoms with E-state index in [9.17, 15) is 14.4 Å². The molecule has 1 saturated heterocycles. The van der Waals surface area contributed by atoms with Crippen molar-refractivity contribution in [2.45, 2.75) is 31.4 Å². The van der Waals surface area contributed by atoms with Crippen LogP contribution in [-0.2, 0) is 14.3 Å². The molecule has 8 heteroatoms. The van der Waals surface area contributed by atoms with Crippen LogP contribution in [0.4, 0.5) is 0 Å². The molecule has 1 aromatic carbocycles. The first-order chi connectivity index (χ1) is 14.0. The van der Waals surface area contributed by atoms with Crippen LogP contribution in [0.3, 0.4) is 0 Å². The zero-order valence-corrected chi connectivity index (χ0v) is 16.8. The molecule has 0 unspecified atom stereocenters. The number of Topliss-reactive ketones (excluding diaryl/α,β-unsaturated/α-hetero) is 1. The number of ketones is 1. The van der Waals surface area contributed by atoms with Crippen LogP contribution in [0.15, 0.2) is 53.3 Å². The molecule has 0 aliphatic carbocycles. The highest BCUT2D eigenvalue weighted by molar-refractivity contribution is 7.99. The number of nitrogens with zero attached hydrogens (tertiary/aromatic N) is 1. The van der Waals surface area contributed by atoms with Gasteiger partial charge in [0.15, 0.2) is 6.10 Å². The van der Waals surface area contributed by atoms with Crippen LogP contribution in [0.25, 0.3) is 10.9 Å². The Balaban J connectivity index is 1.49. The molecular weight excluding hydrogens is 392 g/mol. The Kier molecular flexibility index (Phi) is 5.19. The fraction of sp³-hybridized carbons (Fsp3) is 0.286. The summed E-state index contributed by atoms with van der Waals surface area (Å²) in [5.74, 6) is -0.171. The van der Waals surface area contributed by atoms with Gasteiger partial charge in [-0.1, -0.05) is 18.2 Å². The topological polar surface area (TPSA) is 92.6 Å². The fourth-order valence-electron chi connectivity index (χ4n) is 3.52. The lowest BCUT2D eigenvalue weighted by molar-refractivity contribution is -0.155. The average Bonchev–Trinajstić information content (AvgIpc) is 3.45. The smallest absolute Gasteiger partial charge is 0.330 e. The first-order valence-corrected chi connectivity index (χ1v) is 10.3. The predicted molar refractivity (Wildman–Crippen MR) is 108 cm³/mol. The van der Waals surface area contributed by atoms with Crippen LogP contribution < -0.4 is 0 Å². The van der Waals surface area contributed by atoms with E-state index in [0.29, 0.717) is 17.1 Å². The molecule has 4 rings (SSSR count). The number of thioether (sulfide) groups is 1. The Bertz CT molecular complexity index is 1060. The first-order valence-electron chi connectivity index (χ1n) is 9.22. The lowest BCUT2D eigenvalue weighted by Gasteiger charge is -2.26. The largest absolute Gasteiger partial charge is 0.466 e. The number of carbonyl (C=O) groups excluding carboxylic acids is 3. The van der Waals surface area contributed by atoms with Crippen LogP contribution in [0.2, 0.25) is 0 Å². The monoisotopic (exact) mass is 412 g/mol. The zero-order chi connectivity index (χ0) is 20.5. The maximum atomic E-state index is 12.8. The van der Waals surface area contributed by atoms with Crippen LogP contribution in [0.1, 0.15) is 35.3 Å². The third-order valence-electron chi connectivity index (χ3n) is 4.94. The molecule has 3 heterocycles. The molecule has 3 aromatic rings. The van der Waals surface area contributed by atoms with Gasteiger partial charge in [0.05, 0.1) is 6.26 Å². The summed E-state index contributed by atoms with van der Waals surface area (Å²) in [5, 5.41) is 0.389. The lowest BCUT2D eigenvalue weighted by Crippen LogP contribution is -2.44. The van der Waals surface area contributed by atoms with Gasteiger partial charge in [0, 0.05) is 35.3 Å². The van der Waals surface area contributed by atoms with Crippen molar-refractivity contribution < 1.29 is 23.5 Å². The molecule has 2 aromatic heterocycles. The van der Waals surface area contributed by atoms with Gasteiger partial charge < -0.3 is 19.0 Å². The van der Waals surface area contributed by atoms with Gasteiger partial charge in [0.2, 0.25) is 11.7 Å². The minimum atomic E-state index is -0.969. The van der Waals surface area contributed by atoms with Gasteiger partial charge in [0.1, 0.15) is 17.2 Å². The molecule has 1 aliphatic rings. The van der Waals surface area contributed by atoms with E-state index in [1.54, 1.807) is 25.3 Å². The van der Waals surface area contributed by atoms with Crippen molar-refractivity contribution in [2.75, 3.05) is 5.75 Å². The lowest BCUT2D eigenvalue weighted by atomic mass is 10.1. The maximum absolute atomic E-state index is 12.8. The molecule has 1 amide bonds. The van der Waals surface area contributed by atoms with E-state index in [1.807, 2.05) is 24.3 Å². The molecule has 7 nitrogen and oxygen atoms in total. The molecule has 29 heavy (non-hydrogen) atoms. The number of hydrogen-bond donors (Lipinski definition) is 1. The van der Waals surface area contributed by atoms with Gasteiger partial charge in [-0.15, -0.1) is 11.8 Å². The third-order valence-corrected chi connectivity index (χ3v) is 6.22. The Hall–Kier alpha value is -3.00. The fourth-order valence-corrected chi connectivity index (χ4v) is 4.94. The van der Waals surface area contributed by atoms with Gasteiger partial charge in [-0.25, -0.2) is 4.79 Å². The molecule has 1 N–H and O–H groups in total. The minimum Gasteiger partial charge on any atom is -0.466 e.